The molecule has 0 aliphatic carbocycles. The Kier molecular flexibility index (Phi) is 6.49. The quantitative estimate of drug-likeness (QED) is 0.677. The van der Waals surface area contributed by atoms with Crippen LogP contribution in [0.1, 0.15) is 39.0 Å². The predicted octanol–water partition coefficient (Wildman–Crippen LogP) is 1.53. The van der Waals surface area contributed by atoms with Crippen LogP contribution >= 0.6 is 0 Å². The van der Waals surface area contributed by atoms with Crippen LogP contribution in [0, 0.1) is 0 Å². The minimum absolute atomic E-state index is 0.0814. The van der Waals surface area contributed by atoms with E-state index in [0.29, 0.717) is 13.2 Å². The van der Waals surface area contributed by atoms with Gasteiger partial charge in [-0.3, -0.25) is 0 Å². The highest BCUT2D eigenvalue weighted by molar-refractivity contribution is 5.79. The van der Waals surface area contributed by atoms with E-state index < -0.39 is 18.1 Å². The van der Waals surface area contributed by atoms with Crippen molar-refractivity contribution in [2.45, 2.75) is 51.2 Å². The summed E-state index contributed by atoms with van der Waals surface area (Å²) in [6.45, 7) is 2.96. The third-order valence-electron chi connectivity index (χ3n) is 2.84. The Labute approximate surface area is 107 Å². The molecule has 0 bridgehead atoms. The number of unbranched alkanes of at least 4 members (excludes halogenated alkanes) is 1. The molecule has 1 saturated heterocycles. The first-order valence-electron chi connectivity index (χ1n) is 6.41. The number of nitrogens with one attached hydrogen (secondary N) is 1. The van der Waals surface area contributed by atoms with Crippen LogP contribution in [0.4, 0.5) is 4.79 Å². The monoisotopic (exact) mass is 259 g/mol. The summed E-state index contributed by atoms with van der Waals surface area (Å²) < 4.78 is 10.2. The third kappa shape index (κ3) is 5.35. The molecule has 18 heavy (non-hydrogen) atoms. The minimum atomic E-state index is -1.06. The molecule has 1 rings (SSSR count). The molecule has 0 spiro atoms. The first-order valence-corrected chi connectivity index (χ1v) is 6.41. The molecule has 1 aliphatic rings. The molecule has 1 fully saturated rings. The molecule has 6 nitrogen and oxygen atoms in total. The number of ether oxygens (including phenoxy) is 2. The molecule has 0 radical (unpaired) electrons. The largest absolute Gasteiger partial charge is 0.480 e. The zero-order chi connectivity index (χ0) is 13.4. The molecule has 2 atom stereocenters. The Morgan fingerprint density at radius 2 is 2.33 bits per heavy atom. The number of carboxylic acid groups (broad SMARTS) is 1. The van der Waals surface area contributed by atoms with Crippen LogP contribution in [0.3, 0.4) is 0 Å². The number of alkyl carbamates (subject to hydrolysis) is 1. The number of hydrogen-bond acceptors (Lipinski definition) is 4. The van der Waals surface area contributed by atoms with E-state index in [4.69, 9.17) is 14.6 Å². The number of carboxylic acids is 1. The van der Waals surface area contributed by atoms with Crippen LogP contribution in [-0.4, -0.2) is 42.5 Å². The lowest BCUT2D eigenvalue weighted by Crippen LogP contribution is -2.43. The van der Waals surface area contributed by atoms with E-state index in [1.807, 2.05) is 6.92 Å². The zero-order valence-electron chi connectivity index (χ0n) is 10.7. The summed E-state index contributed by atoms with van der Waals surface area (Å²) in [7, 11) is 0. The topological polar surface area (TPSA) is 84.9 Å². The number of hydrogen-bond donors (Lipinski definition) is 2. The number of aliphatic carboxylic acids is 1. The summed E-state index contributed by atoms with van der Waals surface area (Å²) >= 11 is 0. The number of amides is 1. The summed E-state index contributed by atoms with van der Waals surface area (Å²) in [5.41, 5.74) is 0. The van der Waals surface area contributed by atoms with Gasteiger partial charge in [0.1, 0.15) is 6.04 Å². The average Bonchev–Trinajstić information content (AvgIpc) is 2.81. The first-order chi connectivity index (χ1) is 8.63. The molecule has 0 aromatic rings. The van der Waals surface area contributed by atoms with Crippen molar-refractivity contribution in [2.75, 3.05) is 13.2 Å². The van der Waals surface area contributed by atoms with E-state index in [9.17, 15) is 9.59 Å². The Morgan fingerprint density at radius 1 is 1.56 bits per heavy atom. The second-order valence-electron chi connectivity index (χ2n) is 4.40. The average molecular weight is 259 g/mol. The third-order valence-corrected chi connectivity index (χ3v) is 2.84. The SMILES string of the molecule is CCCCOC(=O)N[C@@H](CC1CCCO1)C(=O)O. The van der Waals surface area contributed by atoms with Gasteiger partial charge in [-0.2, -0.15) is 0 Å². The van der Waals surface area contributed by atoms with Crippen LogP contribution in [0.2, 0.25) is 0 Å². The smallest absolute Gasteiger partial charge is 0.407 e. The maximum atomic E-state index is 11.4. The maximum absolute atomic E-state index is 11.4. The summed E-state index contributed by atoms with van der Waals surface area (Å²) in [6.07, 6.45) is 3.02. The molecule has 6 heteroatoms. The van der Waals surface area contributed by atoms with Crippen molar-refractivity contribution in [3.8, 4) is 0 Å². The highest BCUT2D eigenvalue weighted by atomic mass is 16.5. The molecule has 1 aliphatic heterocycles. The van der Waals surface area contributed by atoms with Crippen LogP contribution in [-0.2, 0) is 14.3 Å². The van der Waals surface area contributed by atoms with Gasteiger partial charge in [-0.1, -0.05) is 13.3 Å². The van der Waals surface area contributed by atoms with Crippen molar-refractivity contribution >= 4 is 12.1 Å². The number of carbonyl (C=O) groups excluding carboxylic acids is 1. The summed E-state index contributed by atoms with van der Waals surface area (Å²) in [5, 5.41) is 11.4. The lowest BCUT2D eigenvalue weighted by atomic mass is 10.1. The van der Waals surface area contributed by atoms with Gasteiger partial charge in [-0.05, 0) is 19.3 Å². The van der Waals surface area contributed by atoms with E-state index in [0.717, 1.165) is 25.7 Å². The van der Waals surface area contributed by atoms with Gasteiger partial charge in [0.2, 0.25) is 0 Å². The molecular weight excluding hydrogens is 238 g/mol. The van der Waals surface area contributed by atoms with Gasteiger partial charge in [0.15, 0.2) is 0 Å². The number of rotatable bonds is 7. The second kappa shape index (κ2) is 7.92. The van der Waals surface area contributed by atoms with Crippen molar-refractivity contribution < 1.29 is 24.2 Å². The van der Waals surface area contributed by atoms with Crippen molar-refractivity contribution in [2.24, 2.45) is 0 Å². The molecule has 104 valence electrons. The molecule has 2 N–H and O–H groups in total. The summed E-state index contributed by atoms with van der Waals surface area (Å²) in [4.78, 5) is 22.4. The van der Waals surface area contributed by atoms with Gasteiger partial charge in [0.05, 0.1) is 12.7 Å². The second-order valence-corrected chi connectivity index (χ2v) is 4.40. The van der Waals surface area contributed by atoms with Gasteiger partial charge in [-0.25, -0.2) is 9.59 Å². The normalized spacial score (nSPS) is 20.4. The fraction of sp³-hybridized carbons (Fsp3) is 0.833. The van der Waals surface area contributed by atoms with E-state index in [2.05, 4.69) is 5.32 Å². The standard InChI is InChI=1S/C12H21NO5/c1-2-3-6-18-12(16)13-10(11(14)15)8-9-5-4-7-17-9/h9-10H,2-8H2,1H3,(H,13,16)(H,14,15)/t9?,10-/m0/s1. The maximum Gasteiger partial charge on any atom is 0.407 e. The summed E-state index contributed by atoms with van der Waals surface area (Å²) in [5.74, 6) is -1.06. The van der Waals surface area contributed by atoms with Gasteiger partial charge in [-0.15, -0.1) is 0 Å². The van der Waals surface area contributed by atoms with Crippen molar-refractivity contribution in [1.29, 1.82) is 0 Å². The number of carbonyl (C=O) groups is 2. The van der Waals surface area contributed by atoms with Crippen molar-refractivity contribution in [3.63, 3.8) is 0 Å². The molecular formula is C12H21NO5. The minimum Gasteiger partial charge on any atom is -0.480 e. The highest BCUT2D eigenvalue weighted by Crippen LogP contribution is 2.17. The zero-order valence-corrected chi connectivity index (χ0v) is 10.7. The first kappa shape index (κ1) is 14.8. The van der Waals surface area contributed by atoms with E-state index in [1.165, 1.54) is 0 Å². The van der Waals surface area contributed by atoms with Crippen LogP contribution in [0.15, 0.2) is 0 Å². The van der Waals surface area contributed by atoms with Gasteiger partial charge < -0.3 is 19.9 Å². The molecule has 0 aromatic carbocycles. The molecule has 0 aromatic heterocycles. The van der Waals surface area contributed by atoms with E-state index >= 15 is 0 Å². The fourth-order valence-corrected chi connectivity index (χ4v) is 1.81. The Balaban J connectivity index is 2.32. The van der Waals surface area contributed by atoms with E-state index in [1.54, 1.807) is 0 Å². The lowest BCUT2D eigenvalue weighted by Gasteiger charge is -2.17. The molecule has 0 saturated carbocycles. The van der Waals surface area contributed by atoms with Crippen molar-refractivity contribution in [3.05, 3.63) is 0 Å². The lowest BCUT2D eigenvalue weighted by molar-refractivity contribution is -0.140. The Morgan fingerprint density at radius 3 is 2.89 bits per heavy atom. The molecule has 1 amide bonds. The molecule has 1 heterocycles. The van der Waals surface area contributed by atoms with Gasteiger partial charge >= 0.3 is 12.1 Å². The van der Waals surface area contributed by atoms with Crippen LogP contribution in [0.5, 0.6) is 0 Å². The predicted molar refractivity (Wildman–Crippen MR) is 64.4 cm³/mol. The van der Waals surface area contributed by atoms with Gasteiger partial charge in [0.25, 0.3) is 0 Å². The van der Waals surface area contributed by atoms with Gasteiger partial charge in [0, 0.05) is 13.0 Å². The molecule has 1 unspecified atom stereocenters. The Hall–Kier alpha value is -1.30. The Bertz CT molecular complexity index is 276. The summed E-state index contributed by atoms with van der Waals surface area (Å²) in [6, 6.07) is -0.942. The highest BCUT2D eigenvalue weighted by Gasteiger charge is 2.27. The van der Waals surface area contributed by atoms with Crippen LogP contribution < -0.4 is 5.32 Å². The van der Waals surface area contributed by atoms with Crippen LogP contribution in [0.25, 0.3) is 0 Å². The fourth-order valence-electron chi connectivity index (χ4n) is 1.81. The van der Waals surface area contributed by atoms with E-state index in [-0.39, 0.29) is 12.5 Å². The van der Waals surface area contributed by atoms with Crippen molar-refractivity contribution in [1.82, 2.24) is 5.32 Å².